The second-order valence-electron chi connectivity index (χ2n) is 10.5. The van der Waals surface area contributed by atoms with Gasteiger partial charge in [0.25, 0.3) is 0 Å². The molecular formula is C30H25ClN4O3. The molecule has 3 aliphatic rings. The van der Waals surface area contributed by atoms with Crippen LogP contribution in [0.1, 0.15) is 22.3 Å². The molecule has 3 N–H and O–H groups in total. The lowest BCUT2D eigenvalue weighted by atomic mass is 9.76. The Hall–Kier alpha value is -3.94. The van der Waals surface area contributed by atoms with Crippen molar-refractivity contribution in [2.24, 2.45) is 11.8 Å². The second-order valence-corrected chi connectivity index (χ2v) is 10.9. The van der Waals surface area contributed by atoms with Crippen molar-refractivity contribution in [2.45, 2.75) is 31.5 Å². The van der Waals surface area contributed by atoms with Gasteiger partial charge in [-0.25, -0.2) is 0 Å². The van der Waals surface area contributed by atoms with E-state index in [4.69, 9.17) is 11.6 Å². The third kappa shape index (κ3) is 3.15. The predicted molar refractivity (Wildman–Crippen MR) is 144 cm³/mol. The van der Waals surface area contributed by atoms with Gasteiger partial charge in [-0.15, -0.1) is 0 Å². The highest BCUT2D eigenvalue weighted by Crippen LogP contribution is 2.54. The summed E-state index contributed by atoms with van der Waals surface area (Å²) in [6.07, 6.45) is 2.42. The average Bonchev–Trinajstić information content (AvgIpc) is 3.61. The van der Waals surface area contributed by atoms with Crippen molar-refractivity contribution in [1.29, 1.82) is 0 Å². The Morgan fingerprint density at radius 1 is 0.974 bits per heavy atom. The molecule has 1 spiro atoms. The molecule has 4 aromatic rings. The Morgan fingerprint density at radius 3 is 2.55 bits per heavy atom. The van der Waals surface area contributed by atoms with Crippen LogP contribution < -0.4 is 10.6 Å². The molecule has 3 aliphatic heterocycles. The topological polar surface area (TPSA) is 94.3 Å². The van der Waals surface area contributed by atoms with Crippen LogP contribution in [0.4, 0.5) is 5.69 Å². The fourth-order valence-corrected chi connectivity index (χ4v) is 7.00. The quantitative estimate of drug-likeness (QED) is 0.347. The predicted octanol–water partition coefficient (Wildman–Crippen LogP) is 4.29. The summed E-state index contributed by atoms with van der Waals surface area (Å²) in [6, 6.07) is 20.5. The summed E-state index contributed by atoms with van der Waals surface area (Å²) >= 11 is 6.47. The number of halogens is 1. The number of nitrogens with one attached hydrogen (secondary N) is 3. The van der Waals surface area contributed by atoms with E-state index in [2.05, 4.69) is 15.6 Å². The van der Waals surface area contributed by atoms with Gasteiger partial charge in [0, 0.05) is 39.4 Å². The van der Waals surface area contributed by atoms with Crippen molar-refractivity contribution >= 4 is 45.9 Å². The minimum Gasteiger partial charge on any atom is -0.361 e. The summed E-state index contributed by atoms with van der Waals surface area (Å²) < 4.78 is 0. The van der Waals surface area contributed by atoms with Gasteiger partial charge in [-0.1, -0.05) is 60.1 Å². The lowest BCUT2D eigenvalue weighted by Crippen LogP contribution is -2.53. The van der Waals surface area contributed by atoms with Crippen LogP contribution in [0.2, 0.25) is 5.02 Å². The van der Waals surface area contributed by atoms with E-state index in [0.29, 0.717) is 22.7 Å². The number of imide groups is 1. The lowest BCUT2D eigenvalue weighted by molar-refractivity contribution is -0.143. The summed E-state index contributed by atoms with van der Waals surface area (Å²) in [5.41, 5.74) is 3.60. The molecule has 0 radical (unpaired) electrons. The second kappa shape index (κ2) is 8.28. The van der Waals surface area contributed by atoms with Crippen molar-refractivity contribution in [1.82, 2.24) is 15.2 Å². The number of aryl methyl sites for hydroxylation is 1. The Morgan fingerprint density at radius 2 is 1.74 bits per heavy atom. The number of fused-ring (bicyclic) bond motifs is 5. The van der Waals surface area contributed by atoms with Crippen molar-refractivity contribution in [3.63, 3.8) is 0 Å². The van der Waals surface area contributed by atoms with Crippen molar-refractivity contribution in [3.05, 3.63) is 100 Å². The molecule has 4 heterocycles. The number of nitrogens with zero attached hydrogens (tertiary/aromatic N) is 1. The zero-order valence-corrected chi connectivity index (χ0v) is 21.4. The molecule has 3 amide bonds. The molecule has 38 heavy (non-hydrogen) atoms. The van der Waals surface area contributed by atoms with E-state index < -0.39 is 23.4 Å². The van der Waals surface area contributed by atoms with Gasteiger partial charge in [0.15, 0.2) is 0 Å². The number of H-pyrrole nitrogens is 1. The van der Waals surface area contributed by atoms with Gasteiger partial charge in [-0.3, -0.25) is 24.6 Å². The average molecular weight is 525 g/mol. The number of carbonyl (C=O) groups is 3. The van der Waals surface area contributed by atoms with Crippen molar-refractivity contribution < 1.29 is 14.4 Å². The molecule has 190 valence electrons. The third-order valence-electron chi connectivity index (χ3n) is 8.38. The molecule has 8 heteroatoms. The number of hydrogen-bond acceptors (Lipinski definition) is 4. The molecule has 2 saturated heterocycles. The highest BCUT2D eigenvalue weighted by molar-refractivity contribution is 6.31. The van der Waals surface area contributed by atoms with Crippen molar-refractivity contribution in [2.75, 3.05) is 5.32 Å². The molecular weight excluding hydrogens is 500 g/mol. The fourth-order valence-electron chi connectivity index (χ4n) is 6.73. The maximum Gasteiger partial charge on any atom is 0.250 e. The summed E-state index contributed by atoms with van der Waals surface area (Å²) in [5.74, 6) is -2.49. The number of anilines is 1. The standard InChI is InChI=1S/C30H25ClN4O3/c1-16-11-19(31)13-21-26(16)33-29(38)30(21)25-24(27(36)35(28(25)37)15-17-7-3-2-4-8-17)23(34-30)12-18-14-32-22-10-6-5-9-20(18)22/h2-11,13-14,23-25,32,34H,12,15H2,1H3,(H,33,38)/t23?,24-,25+,30?/m1/s1. The lowest BCUT2D eigenvalue weighted by Gasteiger charge is -2.29. The Bertz CT molecular complexity index is 1650. The summed E-state index contributed by atoms with van der Waals surface area (Å²) in [7, 11) is 0. The van der Waals surface area contributed by atoms with Gasteiger partial charge < -0.3 is 10.3 Å². The maximum atomic E-state index is 14.1. The van der Waals surface area contributed by atoms with Crippen LogP contribution in [-0.2, 0) is 32.9 Å². The molecule has 2 fully saturated rings. The van der Waals surface area contributed by atoms with E-state index >= 15 is 0 Å². The number of aromatic amines is 1. The van der Waals surface area contributed by atoms with Crippen LogP contribution >= 0.6 is 11.6 Å². The molecule has 0 saturated carbocycles. The number of amides is 3. The monoisotopic (exact) mass is 524 g/mol. The van der Waals surface area contributed by atoms with E-state index in [9.17, 15) is 14.4 Å². The Balaban J connectivity index is 1.36. The van der Waals surface area contributed by atoms with Crippen LogP contribution in [-0.4, -0.2) is 33.6 Å². The van der Waals surface area contributed by atoms with Crippen LogP contribution in [0.25, 0.3) is 10.9 Å². The van der Waals surface area contributed by atoms with E-state index in [1.807, 2.05) is 67.7 Å². The van der Waals surface area contributed by atoms with Gasteiger partial charge in [0.05, 0.1) is 18.4 Å². The number of carbonyl (C=O) groups excluding carboxylic acids is 3. The first-order chi connectivity index (χ1) is 18.4. The van der Waals surface area contributed by atoms with Gasteiger partial charge >= 0.3 is 0 Å². The van der Waals surface area contributed by atoms with Crippen molar-refractivity contribution in [3.8, 4) is 0 Å². The molecule has 4 atom stereocenters. The Labute approximate surface area is 224 Å². The van der Waals surface area contributed by atoms with E-state index in [0.717, 1.165) is 27.6 Å². The van der Waals surface area contributed by atoms with Crippen LogP contribution in [0.3, 0.4) is 0 Å². The zero-order valence-electron chi connectivity index (χ0n) is 20.6. The first kappa shape index (κ1) is 23.2. The molecule has 7 nitrogen and oxygen atoms in total. The molecule has 1 aromatic heterocycles. The van der Waals surface area contributed by atoms with Gasteiger partial charge in [0.2, 0.25) is 17.7 Å². The SMILES string of the molecule is Cc1cc(Cl)cc2c1NC(=O)C21NC(Cc2c[nH]c3ccccc23)[C@H]2C(=O)N(Cc3ccccc3)C(=O)[C@H]21. The maximum absolute atomic E-state index is 14.1. The number of likely N-dealkylation sites (tertiary alicyclic amines) is 1. The summed E-state index contributed by atoms with van der Waals surface area (Å²) in [6.45, 7) is 2.05. The van der Waals surface area contributed by atoms with Crippen LogP contribution in [0.5, 0.6) is 0 Å². The highest BCUT2D eigenvalue weighted by atomic mass is 35.5. The number of para-hydroxylation sites is 1. The highest BCUT2D eigenvalue weighted by Gasteiger charge is 2.70. The van der Waals surface area contributed by atoms with E-state index in [1.54, 1.807) is 12.1 Å². The van der Waals surface area contributed by atoms with Crippen LogP contribution in [0.15, 0.2) is 72.9 Å². The van der Waals surface area contributed by atoms with Gasteiger partial charge in [0.1, 0.15) is 5.54 Å². The number of rotatable bonds is 4. The molecule has 2 unspecified atom stereocenters. The van der Waals surface area contributed by atoms with E-state index in [1.165, 1.54) is 4.90 Å². The number of benzene rings is 3. The van der Waals surface area contributed by atoms with Crippen LogP contribution in [0, 0.1) is 18.8 Å². The third-order valence-corrected chi connectivity index (χ3v) is 8.59. The Kier molecular flexibility index (Phi) is 5.05. The molecule has 7 rings (SSSR count). The number of hydrogen-bond donors (Lipinski definition) is 3. The molecule has 0 aliphatic carbocycles. The minimum absolute atomic E-state index is 0.171. The molecule has 0 bridgehead atoms. The van der Waals surface area contributed by atoms with E-state index in [-0.39, 0.29) is 24.3 Å². The summed E-state index contributed by atoms with van der Waals surface area (Å²) in [4.78, 5) is 46.6. The van der Waals surface area contributed by atoms with Gasteiger partial charge in [-0.05, 0) is 48.2 Å². The normalized spacial score (nSPS) is 25.9. The zero-order chi connectivity index (χ0) is 26.2. The smallest absolute Gasteiger partial charge is 0.250 e. The fraction of sp³-hybridized carbons (Fsp3) is 0.233. The molecule has 3 aromatic carbocycles. The first-order valence-corrected chi connectivity index (χ1v) is 13.1. The minimum atomic E-state index is -1.38. The largest absolute Gasteiger partial charge is 0.361 e. The summed E-state index contributed by atoms with van der Waals surface area (Å²) in [5, 5.41) is 8.06. The first-order valence-electron chi connectivity index (χ1n) is 12.7. The number of aromatic nitrogens is 1. The van der Waals surface area contributed by atoms with Gasteiger partial charge in [-0.2, -0.15) is 0 Å².